The molecule has 0 saturated heterocycles. The van der Waals surface area contributed by atoms with E-state index >= 15 is 0 Å². The molecule has 1 rings (SSSR count). The van der Waals surface area contributed by atoms with E-state index in [1.807, 2.05) is 0 Å². The molecule has 1 unspecified atom stereocenters. The Morgan fingerprint density at radius 3 is 2.17 bits per heavy atom. The number of aliphatic carboxylic acids is 2. The van der Waals surface area contributed by atoms with E-state index in [2.05, 4.69) is 4.98 Å². The maximum atomic E-state index is 10.4. The number of carbonyl (C=O) groups excluding carboxylic acids is 1. The molecule has 0 spiro atoms. The van der Waals surface area contributed by atoms with E-state index in [0.29, 0.717) is 5.56 Å². The summed E-state index contributed by atoms with van der Waals surface area (Å²) in [7, 11) is 0. The molecular weight excluding hydrogens is 244 g/mol. The highest BCUT2D eigenvalue weighted by Gasteiger charge is 2.16. The van der Waals surface area contributed by atoms with Crippen molar-refractivity contribution in [1.29, 1.82) is 0 Å². The van der Waals surface area contributed by atoms with Gasteiger partial charge in [-0.15, -0.1) is 0 Å². The molecule has 0 aromatic carbocycles. The van der Waals surface area contributed by atoms with Crippen LogP contribution in [-0.2, 0) is 9.59 Å². The van der Waals surface area contributed by atoms with Gasteiger partial charge in [0, 0.05) is 12.4 Å². The van der Waals surface area contributed by atoms with Crippen LogP contribution in [0.15, 0.2) is 24.5 Å². The lowest BCUT2D eigenvalue weighted by Gasteiger charge is -1.97. The second-order valence-corrected chi connectivity index (χ2v) is 3.06. The number of carboxylic acids is 2. The van der Waals surface area contributed by atoms with Crippen molar-refractivity contribution < 1.29 is 29.7 Å². The van der Waals surface area contributed by atoms with Gasteiger partial charge in [0.2, 0.25) is 5.91 Å². The van der Waals surface area contributed by atoms with Gasteiger partial charge in [0.1, 0.15) is 0 Å². The van der Waals surface area contributed by atoms with Gasteiger partial charge in [-0.25, -0.2) is 4.79 Å². The Labute approximate surface area is 102 Å². The fourth-order valence-corrected chi connectivity index (χ4v) is 0.761. The van der Waals surface area contributed by atoms with Crippen LogP contribution in [0.5, 0.6) is 0 Å². The number of amides is 1. The zero-order chi connectivity index (χ0) is 14.1. The SMILES string of the molecule is NC(=O)c1cccnc1.O=C(O)CC(O)C(=O)O. The molecule has 0 bridgehead atoms. The molecule has 1 aromatic heterocycles. The van der Waals surface area contributed by atoms with E-state index in [0.717, 1.165) is 0 Å². The fraction of sp³-hybridized carbons (Fsp3) is 0.200. The second-order valence-electron chi connectivity index (χ2n) is 3.06. The summed E-state index contributed by atoms with van der Waals surface area (Å²) in [5.74, 6) is -3.29. The first-order chi connectivity index (χ1) is 8.34. The molecule has 0 fully saturated rings. The monoisotopic (exact) mass is 256 g/mol. The highest BCUT2D eigenvalue weighted by Crippen LogP contribution is 1.91. The molecule has 0 aliphatic carbocycles. The first-order valence-electron chi connectivity index (χ1n) is 4.67. The van der Waals surface area contributed by atoms with Crippen LogP contribution in [0.3, 0.4) is 0 Å². The quantitative estimate of drug-likeness (QED) is 0.544. The Kier molecular flexibility index (Phi) is 6.67. The van der Waals surface area contributed by atoms with Gasteiger partial charge in [-0.05, 0) is 12.1 Å². The van der Waals surface area contributed by atoms with Crippen molar-refractivity contribution in [3.05, 3.63) is 30.1 Å². The van der Waals surface area contributed by atoms with Crippen LogP contribution in [0.4, 0.5) is 0 Å². The van der Waals surface area contributed by atoms with Crippen molar-refractivity contribution in [2.24, 2.45) is 5.73 Å². The maximum absolute atomic E-state index is 10.4. The van der Waals surface area contributed by atoms with Gasteiger partial charge < -0.3 is 21.1 Å². The van der Waals surface area contributed by atoms with Gasteiger partial charge in [0.05, 0.1) is 12.0 Å². The normalized spacial score (nSPS) is 10.7. The third kappa shape index (κ3) is 6.90. The van der Waals surface area contributed by atoms with Gasteiger partial charge in [0.15, 0.2) is 6.10 Å². The molecular formula is C10H12N2O6. The average Bonchev–Trinajstić information content (AvgIpc) is 2.30. The van der Waals surface area contributed by atoms with Crippen LogP contribution >= 0.6 is 0 Å². The van der Waals surface area contributed by atoms with Crippen LogP contribution < -0.4 is 5.73 Å². The Balaban J connectivity index is 0.000000321. The van der Waals surface area contributed by atoms with Crippen molar-refractivity contribution in [3.8, 4) is 0 Å². The lowest BCUT2D eigenvalue weighted by Crippen LogP contribution is -2.22. The summed E-state index contributed by atoms with van der Waals surface area (Å²) in [5, 5.41) is 24.1. The van der Waals surface area contributed by atoms with Gasteiger partial charge in [-0.3, -0.25) is 14.6 Å². The maximum Gasteiger partial charge on any atom is 0.333 e. The summed E-state index contributed by atoms with van der Waals surface area (Å²) in [6.45, 7) is 0. The number of hydrogen-bond acceptors (Lipinski definition) is 5. The molecule has 8 heteroatoms. The molecule has 1 amide bonds. The molecule has 18 heavy (non-hydrogen) atoms. The minimum atomic E-state index is -1.79. The van der Waals surface area contributed by atoms with Crippen molar-refractivity contribution in [1.82, 2.24) is 4.98 Å². The average molecular weight is 256 g/mol. The summed E-state index contributed by atoms with van der Waals surface area (Å²) in [6, 6.07) is 3.29. The molecule has 1 aromatic rings. The first-order valence-corrected chi connectivity index (χ1v) is 4.67. The Morgan fingerprint density at radius 2 is 1.94 bits per heavy atom. The van der Waals surface area contributed by atoms with Gasteiger partial charge in [0.25, 0.3) is 0 Å². The molecule has 0 radical (unpaired) electrons. The number of hydrogen-bond donors (Lipinski definition) is 4. The highest BCUT2D eigenvalue weighted by atomic mass is 16.4. The minimum Gasteiger partial charge on any atom is -0.481 e. The number of aliphatic hydroxyl groups excluding tert-OH is 1. The fourth-order valence-electron chi connectivity index (χ4n) is 0.761. The molecule has 0 aliphatic rings. The summed E-state index contributed by atoms with van der Waals surface area (Å²) in [6.07, 6.45) is 0.479. The van der Waals surface area contributed by atoms with E-state index in [4.69, 9.17) is 21.1 Å². The number of pyridine rings is 1. The molecule has 0 aliphatic heterocycles. The van der Waals surface area contributed by atoms with E-state index in [9.17, 15) is 14.4 Å². The molecule has 98 valence electrons. The van der Waals surface area contributed by atoms with Crippen molar-refractivity contribution >= 4 is 17.8 Å². The lowest BCUT2D eigenvalue weighted by atomic mass is 10.3. The number of nitrogens with two attached hydrogens (primary N) is 1. The topological polar surface area (TPSA) is 151 Å². The van der Waals surface area contributed by atoms with Crippen molar-refractivity contribution in [2.75, 3.05) is 0 Å². The smallest absolute Gasteiger partial charge is 0.333 e. The number of aliphatic hydroxyl groups is 1. The Hall–Kier alpha value is -2.48. The zero-order valence-electron chi connectivity index (χ0n) is 9.18. The van der Waals surface area contributed by atoms with Crippen molar-refractivity contribution in [3.63, 3.8) is 0 Å². The Morgan fingerprint density at radius 1 is 1.33 bits per heavy atom. The van der Waals surface area contributed by atoms with Crippen LogP contribution in [0.1, 0.15) is 16.8 Å². The van der Waals surface area contributed by atoms with E-state index in [1.54, 1.807) is 18.3 Å². The number of aromatic nitrogens is 1. The van der Waals surface area contributed by atoms with Gasteiger partial charge in [-0.2, -0.15) is 0 Å². The Bertz CT molecular complexity index is 420. The van der Waals surface area contributed by atoms with Crippen LogP contribution in [0, 0.1) is 0 Å². The van der Waals surface area contributed by atoms with E-state index < -0.39 is 30.4 Å². The number of carboxylic acid groups (broad SMARTS) is 2. The zero-order valence-corrected chi connectivity index (χ0v) is 9.18. The van der Waals surface area contributed by atoms with Crippen molar-refractivity contribution in [2.45, 2.75) is 12.5 Å². The predicted molar refractivity (Wildman–Crippen MR) is 58.7 cm³/mol. The standard InChI is InChI=1S/C6H6N2O.C4H6O5/c7-6(9)5-2-1-3-8-4-5;5-2(4(8)9)1-3(6)7/h1-4H,(H2,7,9);2,5H,1H2,(H,6,7)(H,8,9). The van der Waals surface area contributed by atoms with Crippen LogP contribution in [0.2, 0.25) is 0 Å². The highest BCUT2D eigenvalue weighted by molar-refractivity contribution is 5.92. The molecule has 1 atom stereocenters. The second kappa shape index (κ2) is 7.74. The first kappa shape index (κ1) is 15.5. The summed E-state index contributed by atoms with van der Waals surface area (Å²) < 4.78 is 0. The van der Waals surface area contributed by atoms with E-state index in [-0.39, 0.29) is 0 Å². The van der Waals surface area contributed by atoms with Crippen LogP contribution in [-0.4, -0.2) is 44.3 Å². The number of nitrogens with zero attached hydrogens (tertiary/aromatic N) is 1. The van der Waals surface area contributed by atoms with E-state index in [1.165, 1.54) is 6.20 Å². The number of primary amides is 1. The third-order valence-electron chi connectivity index (χ3n) is 1.60. The molecule has 0 saturated carbocycles. The number of carbonyl (C=O) groups is 3. The third-order valence-corrected chi connectivity index (χ3v) is 1.60. The number of rotatable bonds is 4. The molecule has 1 heterocycles. The summed E-state index contributed by atoms with van der Waals surface area (Å²) >= 11 is 0. The summed E-state index contributed by atoms with van der Waals surface area (Å²) in [4.78, 5) is 33.5. The predicted octanol–water partition coefficient (Wildman–Crippen LogP) is -0.913. The molecule has 5 N–H and O–H groups in total. The van der Waals surface area contributed by atoms with Crippen LogP contribution in [0.25, 0.3) is 0 Å². The lowest BCUT2D eigenvalue weighted by molar-refractivity contribution is -0.152. The van der Waals surface area contributed by atoms with Gasteiger partial charge >= 0.3 is 11.9 Å². The largest absolute Gasteiger partial charge is 0.481 e. The minimum absolute atomic E-state index is 0.442. The molecule has 8 nitrogen and oxygen atoms in total. The summed E-state index contributed by atoms with van der Waals surface area (Å²) in [5.41, 5.74) is 5.38. The van der Waals surface area contributed by atoms with Gasteiger partial charge in [-0.1, -0.05) is 0 Å².